The van der Waals surface area contributed by atoms with Crippen molar-refractivity contribution < 1.29 is 4.74 Å². The first-order chi connectivity index (χ1) is 9.81. The van der Waals surface area contributed by atoms with E-state index in [1.165, 1.54) is 51.0 Å². The number of nitrogens with one attached hydrogen (secondary N) is 1. The van der Waals surface area contributed by atoms with E-state index in [4.69, 9.17) is 4.74 Å². The summed E-state index contributed by atoms with van der Waals surface area (Å²) >= 11 is 0. The third kappa shape index (κ3) is 4.80. The van der Waals surface area contributed by atoms with E-state index in [1.807, 2.05) is 0 Å². The van der Waals surface area contributed by atoms with Crippen molar-refractivity contribution in [1.29, 1.82) is 0 Å². The smallest absolute Gasteiger partial charge is 0.118 e. The van der Waals surface area contributed by atoms with Crippen molar-refractivity contribution in [2.75, 3.05) is 33.3 Å². The fraction of sp³-hybridized carbons (Fsp3) is 0.647. The third-order valence-corrected chi connectivity index (χ3v) is 4.02. The molecule has 3 nitrogen and oxygen atoms in total. The van der Waals surface area contributed by atoms with Gasteiger partial charge in [0.1, 0.15) is 5.75 Å². The Hall–Kier alpha value is -1.06. The average molecular weight is 276 g/mol. The summed E-state index contributed by atoms with van der Waals surface area (Å²) < 4.78 is 5.22. The van der Waals surface area contributed by atoms with Crippen molar-refractivity contribution in [1.82, 2.24) is 10.2 Å². The highest BCUT2D eigenvalue weighted by Crippen LogP contribution is 2.16. The normalized spacial score (nSPS) is 19.2. The summed E-state index contributed by atoms with van der Waals surface area (Å²) in [5, 5.41) is 3.52. The summed E-state index contributed by atoms with van der Waals surface area (Å²) in [5.41, 5.74) is 1.38. The molecule has 0 radical (unpaired) electrons. The molecule has 0 bridgehead atoms. The summed E-state index contributed by atoms with van der Waals surface area (Å²) in [6.45, 7) is 8.09. The molecule has 0 saturated carbocycles. The minimum absolute atomic E-state index is 0.813. The average Bonchev–Trinajstić information content (AvgIpc) is 2.49. The Morgan fingerprint density at radius 1 is 1.30 bits per heavy atom. The van der Waals surface area contributed by atoms with Crippen LogP contribution in [0.4, 0.5) is 0 Å². The Morgan fingerprint density at radius 3 is 2.70 bits per heavy atom. The van der Waals surface area contributed by atoms with Crippen LogP contribution in [0.1, 0.15) is 31.7 Å². The van der Waals surface area contributed by atoms with Crippen LogP contribution in [0.3, 0.4) is 0 Å². The molecule has 112 valence electrons. The summed E-state index contributed by atoms with van der Waals surface area (Å²) in [7, 11) is 1.72. The minimum Gasteiger partial charge on any atom is -0.497 e. The van der Waals surface area contributed by atoms with Gasteiger partial charge in [0, 0.05) is 13.1 Å². The SMILES string of the molecule is CCCN(Cc1ccc(OC)cc1)CC1CCCNC1. The van der Waals surface area contributed by atoms with E-state index in [9.17, 15) is 0 Å². The summed E-state index contributed by atoms with van der Waals surface area (Å²) in [6.07, 6.45) is 3.92. The fourth-order valence-corrected chi connectivity index (χ4v) is 2.99. The molecule has 1 unspecified atom stereocenters. The molecular formula is C17H28N2O. The molecule has 0 aromatic heterocycles. The molecule has 1 aliphatic rings. The summed E-state index contributed by atoms with van der Waals surface area (Å²) in [5.74, 6) is 1.75. The van der Waals surface area contributed by atoms with Crippen LogP contribution in [0.15, 0.2) is 24.3 Å². The largest absolute Gasteiger partial charge is 0.497 e. The predicted octanol–water partition coefficient (Wildman–Crippen LogP) is 2.91. The molecule has 1 fully saturated rings. The first-order valence-corrected chi connectivity index (χ1v) is 7.87. The molecule has 1 aliphatic heterocycles. The summed E-state index contributed by atoms with van der Waals surface area (Å²) in [6, 6.07) is 8.48. The first-order valence-electron chi connectivity index (χ1n) is 7.87. The molecule has 1 atom stereocenters. The molecule has 0 spiro atoms. The minimum atomic E-state index is 0.813. The van der Waals surface area contributed by atoms with Crippen LogP contribution < -0.4 is 10.1 Å². The van der Waals surface area contributed by atoms with Gasteiger partial charge in [0.05, 0.1) is 7.11 Å². The quantitative estimate of drug-likeness (QED) is 0.829. The maximum absolute atomic E-state index is 5.22. The van der Waals surface area contributed by atoms with Gasteiger partial charge in [0.2, 0.25) is 0 Å². The van der Waals surface area contributed by atoms with Gasteiger partial charge in [-0.15, -0.1) is 0 Å². The first kappa shape index (κ1) is 15.3. The van der Waals surface area contributed by atoms with Crippen LogP contribution in [0.25, 0.3) is 0 Å². The number of hydrogen-bond acceptors (Lipinski definition) is 3. The van der Waals surface area contributed by atoms with Gasteiger partial charge in [-0.3, -0.25) is 4.90 Å². The second-order valence-corrected chi connectivity index (χ2v) is 5.80. The molecule has 1 saturated heterocycles. The molecule has 20 heavy (non-hydrogen) atoms. The van der Waals surface area contributed by atoms with Crippen LogP contribution in [-0.2, 0) is 6.54 Å². The van der Waals surface area contributed by atoms with Gasteiger partial charge < -0.3 is 10.1 Å². The molecule has 0 amide bonds. The second-order valence-electron chi connectivity index (χ2n) is 5.80. The topological polar surface area (TPSA) is 24.5 Å². The number of benzene rings is 1. The fourth-order valence-electron chi connectivity index (χ4n) is 2.99. The zero-order chi connectivity index (χ0) is 14.2. The molecule has 2 rings (SSSR count). The van der Waals surface area contributed by atoms with Crippen molar-refractivity contribution in [2.45, 2.75) is 32.7 Å². The Morgan fingerprint density at radius 2 is 2.10 bits per heavy atom. The molecular weight excluding hydrogens is 248 g/mol. The van der Waals surface area contributed by atoms with Crippen LogP contribution in [0, 0.1) is 5.92 Å². The molecule has 3 heteroatoms. The summed E-state index contributed by atoms with van der Waals surface area (Å²) in [4.78, 5) is 2.60. The highest BCUT2D eigenvalue weighted by molar-refractivity contribution is 5.27. The van der Waals surface area contributed by atoms with Crippen LogP contribution in [-0.4, -0.2) is 38.2 Å². The van der Waals surface area contributed by atoms with Crippen LogP contribution in [0.2, 0.25) is 0 Å². The van der Waals surface area contributed by atoms with E-state index in [0.717, 1.165) is 18.2 Å². The van der Waals surface area contributed by atoms with Gasteiger partial charge in [0.15, 0.2) is 0 Å². The Bertz CT molecular complexity index is 371. The number of piperidine rings is 1. The van der Waals surface area contributed by atoms with Crippen molar-refractivity contribution >= 4 is 0 Å². The lowest BCUT2D eigenvalue weighted by Gasteiger charge is -2.30. The van der Waals surface area contributed by atoms with Crippen molar-refractivity contribution in [3.05, 3.63) is 29.8 Å². The lowest BCUT2D eigenvalue weighted by molar-refractivity contribution is 0.201. The van der Waals surface area contributed by atoms with Crippen LogP contribution >= 0.6 is 0 Å². The van der Waals surface area contributed by atoms with E-state index < -0.39 is 0 Å². The van der Waals surface area contributed by atoms with E-state index in [-0.39, 0.29) is 0 Å². The van der Waals surface area contributed by atoms with Gasteiger partial charge in [0.25, 0.3) is 0 Å². The number of ether oxygens (including phenoxy) is 1. The molecule has 1 aromatic rings. The van der Waals surface area contributed by atoms with E-state index in [0.29, 0.717) is 0 Å². The number of methoxy groups -OCH3 is 1. The maximum Gasteiger partial charge on any atom is 0.118 e. The zero-order valence-electron chi connectivity index (χ0n) is 12.9. The maximum atomic E-state index is 5.22. The zero-order valence-corrected chi connectivity index (χ0v) is 12.9. The van der Waals surface area contributed by atoms with E-state index in [2.05, 4.69) is 41.4 Å². The highest BCUT2D eigenvalue weighted by Gasteiger charge is 2.16. The third-order valence-electron chi connectivity index (χ3n) is 4.02. The number of nitrogens with zero attached hydrogens (tertiary/aromatic N) is 1. The standard InChI is InChI=1S/C17H28N2O/c1-3-11-19(14-16-5-4-10-18-12-16)13-15-6-8-17(20-2)9-7-15/h6-9,16,18H,3-5,10-14H2,1-2H3. The number of rotatable bonds is 7. The van der Waals surface area contributed by atoms with E-state index >= 15 is 0 Å². The molecule has 1 heterocycles. The van der Waals surface area contributed by atoms with E-state index in [1.54, 1.807) is 7.11 Å². The van der Waals surface area contributed by atoms with Gasteiger partial charge in [-0.05, 0) is 62.5 Å². The molecule has 0 aliphatic carbocycles. The van der Waals surface area contributed by atoms with Crippen molar-refractivity contribution in [3.63, 3.8) is 0 Å². The van der Waals surface area contributed by atoms with Gasteiger partial charge in [-0.25, -0.2) is 0 Å². The lowest BCUT2D eigenvalue weighted by Crippen LogP contribution is -2.38. The van der Waals surface area contributed by atoms with Crippen LogP contribution in [0.5, 0.6) is 5.75 Å². The Labute approximate surface area is 123 Å². The Balaban J connectivity index is 1.89. The van der Waals surface area contributed by atoms with Gasteiger partial charge >= 0.3 is 0 Å². The molecule has 1 N–H and O–H groups in total. The predicted molar refractivity (Wildman–Crippen MR) is 84.2 cm³/mol. The van der Waals surface area contributed by atoms with Crippen molar-refractivity contribution in [3.8, 4) is 5.75 Å². The van der Waals surface area contributed by atoms with Crippen molar-refractivity contribution in [2.24, 2.45) is 5.92 Å². The van der Waals surface area contributed by atoms with Gasteiger partial charge in [-0.2, -0.15) is 0 Å². The second kappa shape index (κ2) is 8.28. The van der Waals surface area contributed by atoms with Gasteiger partial charge in [-0.1, -0.05) is 19.1 Å². The number of hydrogen-bond donors (Lipinski definition) is 1. The monoisotopic (exact) mass is 276 g/mol. The highest BCUT2D eigenvalue weighted by atomic mass is 16.5. The lowest BCUT2D eigenvalue weighted by atomic mass is 9.98. The Kier molecular flexibility index (Phi) is 6.34. The molecule has 1 aromatic carbocycles.